The van der Waals surface area contributed by atoms with Crippen LogP contribution in [-0.4, -0.2) is 23.8 Å². The number of hydrogen-bond acceptors (Lipinski definition) is 2. The maximum absolute atomic E-state index is 11.7. The monoisotopic (exact) mass is 183 g/mol. The van der Waals surface area contributed by atoms with E-state index in [0.717, 1.165) is 0 Å². The molecular formula is C10H17NO2. The molecule has 1 aliphatic rings. The Morgan fingerprint density at radius 3 is 1.77 bits per heavy atom. The first kappa shape index (κ1) is 10.2. The molecule has 1 heterocycles. The predicted molar refractivity (Wildman–Crippen MR) is 49.9 cm³/mol. The van der Waals surface area contributed by atoms with Crippen LogP contribution in [0.3, 0.4) is 0 Å². The predicted octanol–water partition coefficient (Wildman–Crippen LogP) is 1.28. The number of carbonyl (C=O) groups is 2. The Balaban J connectivity index is 3.01. The second-order valence-electron chi connectivity index (χ2n) is 4.87. The fraction of sp³-hybridized carbons (Fsp3) is 0.800. The first-order valence-electron chi connectivity index (χ1n) is 4.58. The number of imide groups is 1. The number of hydrogen-bond donors (Lipinski definition) is 0. The van der Waals surface area contributed by atoms with Crippen LogP contribution in [0.4, 0.5) is 0 Å². The van der Waals surface area contributed by atoms with Crippen molar-refractivity contribution >= 4 is 11.8 Å². The van der Waals surface area contributed by atoms with E-state index in [0.29, 0.717) is 0 Å². The van der Waals surface area contributed by atoms with Gasteiger partial charge in [0.2, 0.25) is 11.8 Å². The molecule has 0 radical (unpaired) electrons. The Hall–Kier alpha value is -0.860. The molecule has 13 heavy (non-hydrogen) atoms. The summed E-state index contributed by atoms with van der Waals surface area (Å²) < 4.78 is 0. The third-order valence-corrected chi connectivity index (χ3v) is 2.75. The Morgan fingerprint density at radius 1 is 1.15 bits per heavy atom. The van der Waals surface area contributed by atoms with Crippen LogP contribution in [0.25, 0.3) is 0 Å². The Labute approximate surface area is 79.1 Å². The highest BCUT2D eigenvalue weighted by atomic mass is 16.2. The van der Waals surface area contributed by atoms with Crippen molar-refractivity contribution in [2.24, 2.45) is 17.3 Å². The van der Waals surface area contributed by atoms with E-state index in [4.69, 9.17) is 0 Å². The van der Waals surface area contributed by atoms with Gasteiger partial charge in [-0.15, -0.1) is 0 Å². The first-order chi connectivity index (χ1) is 5.76. The molecule has 0 saturated carbocycles. The van der Waals surface area contributed by atoms with Crippen LogP contribution >= 0.6 is 0 Å². The van der Waals surface area contributed by atoms with Crippen molar-refractivity contribution in [3.63, 3.8) is 0 Å². The van der Waals surface area contributed by atoms with Crippen molar-refractivity contribution in [1.29, 1.82) is 0 Å². The van der Waals surface area contributed by atoms with Gasteiger partial charge in [0.15, 0.2) is 0 Å². The lowest BCUT2D eigenvalue weighted by Gasteiger charge is -2.26. The topological polar surface area (TPSA) is 37.4 Å². The molecule has 74 valence electrons. The van der Waals surface area contributed by atoms with Gasteiger partial charge in [-0.05, 0) is 5.41 Å². The molecular weight excluding hydrogens is 166 g/mol. The smallest absolute Gasteiger partial charge is 0.233 e. The van der Waals surface area contributed by atoms with E-state index in [1.165, 1.54) is 4.90 Å². The van der Waals surface area contributed by atoms with E-state index in [2.05, 4.69) is 0 Å². The standard InChI is InChI=1S/C10H17NO2/c1-6-7(10(2,3)4)9(13)11(5)8(6)12/h6-7H,1-5H3. The van der Waals surface area contributed by atoms with Gasteiger partial charge in [0.05, 0.1) is 5.92 Å². The summed E-state index contributed by atoms with van der Waals surface area (Å²) in [6, 6.07) is 0. The van der Waals surface area contributed by atoms with E-state index in [-0.39, 0.29) is 29.1 Å². The molecule has 0 bridgehead atoms. The quantitative estimate of drug-likeness (QED) is 0.530. The van der Waals surface area contributed by atoms with Crippen molar-refractivity contribution in [3.8, 4) is 0 Å². The molecule has 2 amide bonds. The average molecular weight is 183 g/mol. The fourth-order valence-corrected chi connectivity index (χ4v) is 2.10. The molecule has 3 nitrogen and oxygen atoms in total. The molecule has 1 saturated heterocycles. The van der Waals surface area contributed by atoms with E-state index in [1.54, 1.807) is 7.05 Å². The second kappa shape index (κ2) is 2.82. The molecule has 0 aromatic rings. The summed E-state index contributed by atoms with van der Waals surface area (Å²) in [7, 11) is 1.56. The Bertz CT molecular complexity index is 252. The highest BCUT2D eigenvalue weighted by molar-refractivity contribution is 6.04. The minimum absolute atomic E-state index is 0.0370. The van der Waals surface area contributed by atoms with E-state index >= 15 is 0 Å². The second-order valence-corrected chi connectivity index (χ2v) is 4.87. The summed E-state index contributed by atoms with van der Waals surface area (Å²) in [5.74, 6) is -0.419. The number of amides is 2. The maximum Gasteiger partial charge on any atom is 0.233 e. The molecule has 0 aliphatic carbocycles. The molecule has 1 aliphatic heterocycles. The Morgan fingerprint density at radius 2 is 1.62 bits per heavy atom. The zero-order chi connectivity index (χ0) is 10.4. The lowest BCUT2D eigenvalue weighted by atomic mass is 9.75. The summed E-state index contributed by atoms with van der Waals surface area (Å²) in [4.78, 5) is 24.4. The van der Waals surface area contributed by atoms with Crippen LogP contribution in [-0.2, 0) is 9.59 Å². The van der Waals surface area contributed by atoms with Crippen LogP contribution in [0.2, 0.25) is 0 Å². The molecule has 2 unspecified atom stereocenters. The van der Waals surface area contributed by atoms with Crippen LogP contribution in [0.15, 0.2) is 0 Å². The minimum atomic E-state index is -0.169. The highest BCUT2D eigenvalue weighted by Gasteiger charge is 2.48. The molecule has 0 N–H and O–H groups in total. The molecule has 3 heteroatoms. The summed E-state index contributed by atoms with van der Waals surface area (Å²) in [5.41, 5.74) is -0.128. The third kappa shape index (κ3) is 1.47. The first-order valence-corrected chi connectivity index (χ1v) is 4.58. The SMILES string of the molecule is CC1C(=O)N(C)C(=O)C1C(C)(C)C. The minimum Gasteiger partial charge on any atom is -0.285 e. The van der Waals surface area contributed by atoms with Gasteiger partial charge < -0.3 is 0 Å². The average Bonchev–Trinajstić information content (AvgIpc) is 2.14. The highest BCUT2D eigenvalue weighted by Crippen LogP contribution is 2.38. The molecule has 0 aromatic heterocycles. The van der Waals surface area contributed by atoms with Crippen molar-refractivity contribution in [1.82, 2.24) is 4.90 Å². The van der Waals surface area contributed by atoms with Gasteiger partial charge >= 0.3 is 0 Å². The number of nitrogens with zero attached hydrogens (tertiary/aromatic N) is 1. The van der Waals surface area contributed by atoms with Crippen LogP contribution < -0.4 is 0 Å². The van der Waals surface area contributed by atoms with Crippen LogP contribution in [0.5, 0.6) is 0 Å². The lowest BCUT2D eigenvalue weighted by Crippen LogP contribution is -2.31. The van der Waals surface area contributed by atoms with Crippen LogP contribution in [0, 0.1) is 17.3 Å². The van der Waals surface area contributed by atoms with Gasteiger partial charge in [0.25, 0.3) is 0 Å². The van der Waals surface area contributed by atoms with Gasteiger partial charge in [-0.2, -0.15) is 0 Å². The van der Waals surface area contributed by atoms with Gasteiger partial charge in [0.1, 0.15) is 0 Å². The number of likely N-dealkylation sites (tertiary alicyclic amines) is 1. The summed E-state index contributed by atoms with van der Waals surface area (Å²) in [5, 5.41) is 0. The van der Waals surface area contributed by atoms with Crippen molar-refractivity contribution in [2.45, 2.75) is 27.7 Å². The van der Waals surface area contributed by atoms with Gasteiger partial charge in [-0.25, -0.2) is 0 Å². The van der Waals surface area contributed by atoms with E-state index < -0.39 is 0 Å². The molecule has 1 fully saturated rings. The molecule has 2 atom stereocenters. The zero-order valence-corrected chi connectivity index (χ0v) is 8.92. The van der Waals surface area contributed by atoms with Crippen LogP contribution in [0.1, 0.15) is 27.7 Å². The van der Waals surface area contributed by atoms with Gasteiger partial charge in [-0.3, -0.25) is 14.5 Å². The number of rotatable bonds is 0. The summed E-state index contributed by atoms with van der Waals surface area (Å²) >= 11 is 0. The van der Waals surface area contributed by atoms with E-state index in [1.807, 2.05) is 27.7 Å². The summed E-state index contributed by atoms with van der Waals surface area (Å²) in [6.07, 6.45) is 0. The van der Waals surface area contributed by atoms with Crippen molar-refractivity contribution in [3.05, 3.63) is 0 Å². The normalized spacial score (nSPS) is 30.1. The fourth-order valence-electron chi connectivity index (χ4n) is 2.10. The summed E-state index contributed by atoms with van der Waals surface area (Å²) in [6.45, 7) is 7.83. The molecule has 0 aromatic carbocycles. The number of carbonyl (C=O) groups excluding carboxylic acids is 2. The zero-order valence-electron chi connectivity index (χ0n) is 8.92. The van der Waals surface area contributed by atoms with E-state index in [9.17, 15) is 9.59 Å². The third-order valence-electron chi connectivity index (χ3n) is 2.75. The molecule has 1 rings (SSSR count). The Kier molecular flexibility index (Phi) is 2.22. The largest absolute Gasteiger partial charge is 0.285 e. The lowest BCUT2D eigenvalue weighted by molar-refractivity contribution is -0.138. The molecule has 0 spiro atoms. The van der Waals surface area contributed by atoms with Gasteiger partial charge in [-0.1, -0.05) is 27.7 Å². The van der Waals surface area contributed by atoms with Gasteiger partial charge in [0, 0.05) is 13.0 Å². The van der Waals surface area contributed by atoms with Crippen molar-refractivity contribution < 1.29 is 9.59 Å². The van der Waals surface area contributed by atoms with Crippen molar-refractivity contribution in [2.75, 3.05) is 7.05 Å². The maximum atomic E-state index is 11.7.